The highest BCUT2D eigenvalue weighted by Crippen LogP contribution is 2.45. The van der Waals surface area contributed by atoms with Crippen molar-refractivity contribution in [3.05, 3.63) is 158 Å². The Morgan fingerprint density at radius 3 is 2.10 bits per heavy atom. The van der Waals surface area contributed by atoms with E-state index in [1.807, 2.05) is 11.3 Å². The molecule has 11 rings (SSSR count). The maximum Gasteiger partial charge on any atom is 0.0934 e. The van der Waals surface area contributed by atoms with E-state index < -0.39 is 0 Å². The zero-order chi connectivity index (χ0) is 31.3. The molecule has 4 nitrogen and oxygen atoms in total. The Balaban J connectivity index is 1.22. The lowest BCUT2D eigenvalue weighted by Gasteiger charge is -2.10. The Morgan fingerprint density at radius 2 is 1.19 bits per heavy atom. The normalized spacial score (nSPS) is 12.2. The number of hydrogen-bond acceptors (Lipinski definition) is 2. The van der Waals surface area contributed by atoms with Crippen LogP contribution in [0.3, 0.4) is 0 Å². The van der Waals surface area contributed by atoms with E-state index in [1.54, 1.807) is 0 Å². The Labute approximate surface area is 278 Å². The van der Waals surface area contributed by atoms with Gasteiger partial charge in [0.05, 0.1) is 43.5 Å². The molecule has 0 aliphatic carbocycles. The maximum atomic E-state index is 5.11. The van der Waals surface area contributed by atoms with Gasteiger partial charge in [0.2, 0.25) is 0 Å². The fraction of sp³-hybridized carbons (Fsp3) is 0. The van der Waals surface area contributed by atoms with Gasteiger partial charge >= 0.3 is 0 Å². The number of aromatic nitrogens is 4. The van der Waals surface area contributed by atoms with Crippen molar-refractivity contribution >= 4 is 80.8 Å². The Bertz CT molecular complexity index is 3060. The van der Waals surface area contributed by atoms with Crippen molar-refractivity contribution in [3.63, 3.8) is 0 Å². The summed E-state index contributed by atoms with van der Waals surface area (Å²) < 4.78 is 9.56. The maximum absolute atomic E-state index is 5.11. The summed E-state index contributed by atoms with van der Waals surface area (Å²) in [5, 5.41) is 11.3. The molecule has 0 N–H and O–H groups in total. The Kier molecular flexibility index (Phi) is 5.23. The van der Waals surface area contributed by atoms with Crippen molar-refractivity contribution < 1.29 is 0 Å². The Hall–Kier alpha value is -6.17. The molecular formula is C43H26N4S. The van der Waals surface area contributed by atoms with Gasteiger partial charge in [-0.05, 0) is 66.7 Å². The molecule has 5 heterocycles. The molecule has 0 saturated heterocycles. The lowest BCUT2D eigenvalue weighted by Crippen LogP contribution is -1.95. The monoisotopic (exact) mass is 630 g/mol. The zero-order valence-electron chi connectivity index (χ0n) is 25.7. The standard InChI is InChI=1S/C43H26N4S/c1-2-13-29(14-3-1)45-38-19-8-5-16-32(38)34-25-40-35(26-39(34)45)43-42(33-17-6-9-20-41(33)48-43)46(40)30-15-10-12-28(23-30)36-24-31-22-21-27-11-4-7-18-37(27)47(31)44-36/h1-26H. The summed E-state index contributed by atoms with van der Waals surface area (Å²) in [5.74, 6) is 0. The van der Waals surface area contributed by atoms with Crippen LogP contribution >= 0.6 is 11.3 Å². The van der Waals surface area contributed by atoms with Crippen LogP contribution in [0.25, 0.3) is 92.1 Å². The zero-order valence-corrected chi connectivity index (χ0v) is 26.5. The second kappa shape index (κ2) is 9.67. The van der Waals surface area contributed by atoms with E-state index in [0.717, 1.165) is 28.0 Å². The summed E-state index contributed by atoms with van der Waals surface area (Å²) in [5.41, 5.74) is 11.5. The van der Waals surface area contributed by atoms with Gasteiger partial charge in [0.15, 0.2) is 0 Å². The molecule has 0 unspecified atom stereocenters. The molecule has 0 aliphatic rings. The third-order valence-electron chi connectivity index (χ3n) is 9.82. The SMILES string of the molecule is c1ccc(-n2c3ccccc3c3cc4c(cc32)c2sc3ccccc3c2n4-c2cccc(-c3cc4ccc5ccccc5n4n3)c2)cc1. The van der Waals surface area contributed by atoms with Gasteiger partial charge in [0.1, 0.15) is 0 Å². The fourth-order valence-electron chi connectivity index (χ4n) is 7.70. The van der Waals surface area contributed by atoms with Crippen molar-refractivity contribution in [2.45, 2.75) is 0 Å². The van der Waals surface area contributed by atoms with E-state index in [1.165, 1.54) is 64.1 Å². The number of nitrogens with zero attached hydrogens (tertiary/aromatic N) is 4. The predicted molar refractivity (Wildman–Crippen MR) is 202 cm³/mol. The molecule has 0 spiro atoms. The molecule has 0 bridgehead atoms. The van der Waals surface area contributed by atoms with Crippen LogP contribution in [0.15, 0.2) is 158 Å². The van der Waals surface area contributed by atoms with Gasteiger partial charge < -0.3 is 9.13 Å². The molecule has 5 aromatic heterocycles. The van der Waals surface area contributed by atoms with Crippen LogP contribution in [-0.4, -0.2) is 18.7 Å². The van der Waals surface area contributed by atoms with Gasteiger partial charge in [0, 0.05) is 48.6 Å². The predicted octanol–water partition coefficient (Wildman–Crippen LogP) is 11.6. The number of thiophene rings is 1. The first-order valence-electron chi connectivity index (χ1n) is 16.2. The molecular weight excluding hydrogens is 605 g/mol. The van der Waals surface area contributed by atoms with E-state index in [0.29, 0.717) is 0 Å². The first-order valence-corrected chi connectivity index (χ1v) is 17.0. The summed E-state index contributed by atoms with van der Waals surface area (Å²) in [7, 11) is 0. The molecule has 0 aliphatic heterocycles. The summed E-state index contributed by atoms with van der Waals surface area (Å²) in [6, 6.07) is 56.9. The van der Waals surface area contributed by atoms with Crippen LogP contribution in [-0.2, 0) is 0 Å². The molecule has 0 saturated carbocycles. The van der Waals surface area contributed by atoms with Crippen LogP contribution in [0.2, 0.25) is 0 Å². The lowest BCUT2D eigenvalue weighted by molar-refractivity contribution is 1.01. The first-order chi connectivity index (χ1) is 23.8. The molecule has 6 aromatic carbocycles. The average molecular weight is 631 g/mol. The van der Waals surface area contributed by atoms with Gasteiger partial charge in [-0.1, -0.05) is 91.0 Å². The van der Waals surface area contributed by atoms with Crippen LogP contribution in [0.4, 0.5) is 0 Å². The minimum atomic E-state index is 0.962. The summed E-state index contributed by atoms with van der Waals surface area (Å²) >= 11 is 1.88. The van der Waals surface area contributed by atoms with Crippen molar-refractivity contribution in [3.8, 4) is 22.6 Å². The van der Waals surface area contributed by atoms with Crippen molar-refractivity contribution in [2.24, 2.45) is 0 Å². The van der Waals surface area contributed by atoms with Gasteiger partial charge in [-0.3, -0.25) is 0 Å². The summed E-state index contributed by atoms with van der Waals surface area (Å²) in [4.78, 5) is 0. The number of hydrogen-bond donors (Lipinski definition) is 0. The van der Waals surface area contributed by atoms with Crippen molar-refractivity contribution in [1.82, 2.24) is 18.7 Å². The highest BCUT2D eigenvalue weighted by molar-refractivity contribution is 7.26. The molecule has 11 aromatic rings. The second-order valence-corrected chi connectivity index (χ2v) is 13.5. The van der Waals surface area contributed by atoms with Crippen molar-refractivity contribution in [2.75, 3.05) is 0 Å². The van der Waals surface area contributed by atoms with Crippen LogP contribution in [0.1, 0.15) is 0 Å². The largest absolute Gasteiger partial charge is 0.309 e. The smallest absolute Gasteiger partial charge is 0.0934 e. The molecule has 0 radical (unpaired) electrons. The Morgan fingerprint density at radius 1 is 0.458 bits per heavy atom. The van der Waals surface area contributed by atoms with Crippen LogP contribution < -0.4 is 0 Å². The average Bonchev–Trinajstić information content (AvgIpc) is 3.90. The van der Waals surface area contributed by atoms with Crippen molar-refractivity contribution in [1.29, 1.82) is 0 Å². The first kappa shape index (κ1) is 26.0. The minimum Gasteiger partial charge on any atom is -0.309 e. The highest BCUT2D eigenvalue weighted by atomic mass is 32.1. The molecule has 0 fully saturated rings. The van der Waals surface area contributed by atoms with E-state index in [2.05, 4.69) is 171 Å². The van der Waals surface area contributed by atoms with E-state index in [9.17, 15) is 0 Å². The molecule has 48 heavy (non-hydrogen) atoms. The van der Waals surface area contributed by atoms with Gasteiger partial charge in [0.25, 0.3) is 0 Å². The summed E-state index contributed by atoms with van der Waals surface area (Å²) in [6.07, 6.45) is 0. The number of rotatable bonds is 3. The molecule has 224 valence electrons. The van der Waals surface area contributed by atoms with E-state index >= 15 is 0 Å². The fourth-order valence-corrected chi connectivity index (χ4v) is 8.91. The van der Waals surface area contributed by atoms with Gasteiger partial charge in [-0.25, -0.2) is 4.52 Å². The van der Waals surface area contributed by atoms with E-state index in [-0.39, 0.29) is 0 Å². The third-order valence-corrected chi connectivity index (χ3v) is 11.0. The van der Waals surface area contributed by atoms with Crippen LogP contribution in [0.5, 0.6) is 0 Å². The summed E-state index contributed by atoms with van der Waals surface area (Å²) in [6.45, 7) is 0. The number of para-hydroxylation sites is 3. The minimum absolute atomic E-state index is 0.962. The van der Waals surface area contributed by atoms with Gasteiger partial charge in [-0.15, -0.1) is 11.3 Å². The number of benzene rings is 6. The third kappa shape index (κ3) is 3.56. The number of pyridine rings is 1. The number of fused-ring (bicyclic) bond motifs is 11. The second-order valence-electron chi connectivity index (χ2n) is 12.5. The molecule has 5 heteroatoms. The quantitative estimate of drug-likeness (QED) is 0.191. The highest BCUT2D eigenvalue weighted by Gasteiger charge is 2.21. The van der Waals surface area contributed by atoms with E-state index in [4.69, 9.17) is 5.10 Å². The van der Waals surface area contributed by atoms with Crippen LogP contribution in [0, 0.1) is 0 Å². The molecule has 0 amide bonds. The molecule has 0 atom stereocenters. The lowest BCUT2D eigenvalue weighted by atomic mass is 10.1. The topological polar surface area (TPSA) is 27.2 Å². The van der Waals surface area contributed by atoms with Gasteiger partial charge in [-0.2, -0.15) is 5.10 Å².